The van der Waals surface area contributed by atoms with Crippen molar-refractivity contribution in [2.75, 3.05) is 12.4 Å². The van der Waals surface area contributed by atoms with Crippen LogP contribution in [0.4, 0.5) is 5.13 Å². The zero-order valence-electron chi connectivity index (χ0n) is 21.1. The number of nitrogens with one attached hydrogen (secondary N) is 1. The normalized spacial score (nSPS) is 12.6. The van der Waals surface area contributed by atoms with Gasteiger partial charge in [0.25, 0.3) is 11.8 Å². The van der Waals surface area contributed by atoms with E-state index in [-0.39, 0.29) is 17.0 Å². The van der Waals surface area contributed by atoms with Crippen molar-refractivity contribution < 1.29 is 14.3 Å². The van der Waals surface area contributed by atoms with Crippen molar-refractivity contribution in [2.24, 2.45) is 0 Å². The van der Waals surface area contributed by atoms with Gasteiger partial charge in [0.05, 0.1) is 48.7 Å². The summed E-state index contributed by atoms with van der Waals surface area (Å²) in [5.41, 5.74) is 4.84. The molecule has 11 nitrogen and oxygen atoms in total. The van der Waals surface area contributed by atoms with E-state index in [4.69, 9.17) is 16.3 Å². The van der Waals surface area contributed by atoms with Crippen molar-refractivity contribution in [1.29, 1.82) is 0 Å². The number of hydrogen-bond acceptors (Lipinski definition) is 9. The number of pyridine rings is 2. The lowest BCUT2D eigenvalue weighted by Gasteiger charge is -2.16. The summed E-state index contributed by atoms with van der Waals surface area (Å²) in [5, 5.41) is 7.84. The van der Waals surface area contributed by atoms with E-state index in [0.29, 0.717) is 52.0 Å². The minimum absolute atomic E-state index is 0.162. The maximum Gasteiger partial charge on any atom is 0.273 e. The molecule has 0 fully saturated rings. The van der Waals surface area contributed by atoms with Gasteiger partial charge in [-0.3, -0.25) is 19.9 Å². The molecule has 2 amide bonds. The molecular formula is C26H21ClN8O3S. The van der Waals surface area contributed by atoms with Crippen LogP contribution in [-0.2, 0) is 13.1 Å². The van der Waals surface area contributed by atoms with Crippen LogP contribution in [0.25, 0.3) is 16.8 Å². The SMILES string of the molecule is COc1cnc(Cl)cc1-c1cc(C)ncc1C(=O)Nc1nc2c(s1)CN(C(=O)c1cc(C)nc3ccnn13)C2. The smallest absolute Gasteiger partial charge is 0.273 e. The Kier molecular flexibility index (Phi) is 6.20. The molecule has 6 rings (SSSR count). The van der Waals surface area contributed by atoms with Gasteiger partial charge in [-0.05, 0) is 32.0 Å². The zero-order chi connectivity index (χ0) is 27.3. The van der Waals surface area contributed by atoms with Crippen LogP contribution in [-0.4, -0.2) is 53.4 Å². The van der Waals surface area contributed by atoms with E-state index in [2.05, 4.69) is 30.4 Å². The van der Waals surface area contributed by atoms with Gasteiger partial charge >= 0.3 is 0 Å². The fourth-order valence-electron chi connectivity index (χ4n) is 4.51. The molecule has 0 radical (unpaired) electrons. The Morgan fingerprint density at radius 2 is 1.90 bits per heavy atom. The van der Waals surface area contributed by atoms with Crippen LogP contribution in [0, 0.1) is 13.8 Å². The van der Waals surface area contributed by atoms with Gasteiger partial charge in [0.1, 0.15) is 16.6 Å². The van der Waals surface area contributed by atoms with Gasteiger partial charge in [0.15, 0.2) is 10.8 Å². The molecule has 13 heteroatoms. The Bertz CT molecular complexity index is 1760. The van der Waals surface area contributed by atoms with Crippen molar-refractivity contribution in [3.05, 3.63) is 81.2 Å². The van der Waals surface area contributed by atoms with E-state index in [1.165, 1.54) is 30.8 Å². The predicted octanol–water partition coefficient (Wildman–Crippen LogP) is 4.33. The number of amides is 2. The van der Waals surface area contributed by atoms with Gasteiger partial charge in [0, 0.05) is 34.8 Å². The Hall–Kier alpha value is -4.42. The van der Waals surface area contributed by atoms with Crippen LogP contribution in [0.15, 0.2) is 42.9 Å². The van der Waals surface area contributed by atoms with Gasteiger partial charge in [-0.2, -0.15) is 5.10 Å². The number of carbonyl (C=O) groups is 2. The van der Waals surface area contributed by atoms with E-state index in [0.717, 1.165) is 22.0 Å². The first kappa shape index (κ1) is 24.9. The molecule has 0 saturated heterocycles. The third kappa shape index (κ3) is 4.57. The van der Waals surface area contributed by atoms with Crippen LogP contribution in [0.2, 0.25) is 5.15 Å². The summed E-state index contributed by atoms with van der Waals surface area (Å²) in [4.78, 5) is 46.7. The summed E-state index contributed by atoms with van der Waals surface area (Å²) in [6.07, 6.45) is 4.64. The fourth-order valence-corrected chi connectivity index (χ4v) is 5.65. The van der Waals surface area contributed by atoms with Gasteiger partial charge in [-0.15, -0.1) is 0 Å². The number of rotatable bonds is 5. The molecule has 196 valence electrons. The molecular weight excluding hydrogens is 540 g/mol. The molecule has 0 atom stereocenters. The van der Waals surface area contributed by atoms with E-state index >= 15 is 0 Å². The van der Waals surface area contributed by atoms with E-state index in [9.17, 15) is 9.59 Å². The van der Waals surface area contributed by atoms with Gasteiger partial charge in [0.2, 0.25) is 0 Å². The first-order chi connectivity index (χ1) is 18.8. The third-order valence-electron chi connectivity index (χ3n) is 6.30. The second-order valence-electron chi connectivity index (χ2n) is 8.97. The van der Waals surface area contributed by atoms with Gasteiger partial charge < -0.3 is 9.64 Å². The highest BCUT2D eigenvalue weighted by Crippen LogP contribution is 2.35. The topological polar surface area (TPSA) is 128 Å². The number of aromatic nitrogens is 6. The number of thiazole rings is 1. The molecule has 0 unspecified atom stereocenters. The second kappa shape index (κ2) is 9.71. The number of ether oxygens (including phenoxy) is 1. The minimum atomic E-state index is -0.374. The molecule has 5 aromatic heterocycles. The van der Waals surface area contributed by atoms with E-state index in [1.54, 1.807) is 39.9 Å². The number of nitrogens with zero attached hydrogens (tertiary/aromatic N) is 7. The highest BCUT2D eigenvalue weighted by molar-refractivity contribution is 7.16. The number of fused-ring (bicyclic) bond motifs is 2. The molecule has 0 bridgehead atoms. The van der Waals surface area contributed by atoms with Crippen molar-refractivity contribution >= 4 is 45.5 Å². The molecule has 0 saturated carbocycles. The Morgan fingerprint density at radius 1 is 1.05 bits per heavy atom. The fraction of sp³-hybridized carbons (Fsp3) is 0.192. The van der Waals surface area contributed by atoms with Gasteiger partial charge in [-0.1, -0.05) is 22.9 Å². The molecule has 5 aromatic rings. The number of aryl methyl sites for hydroxylation is 2. The standard InChI is InChI=1S/C26H21ClN8O3S/c1-13-6-15(16-8-22(27)29-10-20(16)38-3)17(9-28-13)24(36)33-26-32-18-11-34(12-21(18)39-26)25(37)19-7-14(2)31-23-4-5-30-35(19)23/h4-10H,11-12H2,1-3H3,(H,32,33,36). The van der Waals surface area contributed by atoms with Crippen LogP contribution >= 0.6 is 22.9 Å². The summed E-state index contributed by atoms with van der Waals surface area (Å²) >= 11 is 7.48. The summed E-state index contributed by atoms with van der Waals surface area (Å²) in [7, 11) is 1.53. The molecule has 39 heavy (non-hydrogen) atoms. The third-order valence-corrected chi connectivity index (χ3v) is 7.50. The monoisotopic (exact) mass is 560 g/mol. The van der Waals surface area contributed by atoms with Crippen molar-refractivity contribution in [3.8, 4) is 16.9 Å². The van der Waals surface area contributed by atoms with Crippen molar-refractivity contribution in [1.82, 2.24) is 34.4 Å². The molecule has 0 spiro atoms. The first-order valence-electron chi connectivity index (χ1n) is 11.9. The molecule has 1 aliphatic rings. The average Bonchev–Trinajstić information content (AvgIpc) is 3.63. The van der Waals surface area contributed by atoms with Crippen LogP contribution in [0.5, 0.6) is 5.75 Å². The Balaban J connectivity index is 1.23. The Labute approximate surface area is 231 Å². The number of halogens is 1. The predicted molar refractivity (Wildman–Crippen MR) is 145 cm³/mol. The summed E-state index contributed by atoms with van der Waals surface area (Å²) in [6.45, 7) is 4.39. The quantitative estimate of drug-likeness (QED) is 0.315. The lowest BCUT2D eigenvalue weighted by Crippen LogP contribution is -2.28. The molecule has 1 aliphatic heterocycles. The van der Waals surface area contributed by atoms with Crippen LogP contribution in [0.3, 0.4) is 0 Å². The lowest BCUT2D eigenvalue weighted by atomic mass is 10.0. The zero-order valence-corrected chi connectivity index (χ0v) is 22.7. The number of anilines is 1. The van der Waals surface area contributed by atoms with Crippen molar-refractivity contribution in [2.45, 2.75) is 26.9 Å². The number of carbonyl (C=O) groups excluding carboxylic acids is 2. The van der Waals surface area contributed by atoms with Gasteiger partial charge in [-0.25, -0.2) is 19.5 Å². The number of methoxy groups -OCH3 is 1. The summed E-state index contributed by atoms with van der Waals surface area (Å²) in [6, 6.07) is 6.93. The van der Waals surface area contributed by atoms with Crippen LogP contribution in [0.1, 0.15) is 42.8 Å². The molecule has 0 aromatic carbocycles. The molecule has 0 aliphatic carbocycles. The highest BCUT2D eigenvalue weighted by Gasteiger charge is 2.30. The molecule has 1 N–H and O–H groups in total. The molecule has 6 heterocycles. The van der Waals surface area contributed by atoms with Crippen molar-refractivity contribution in [3.63, 3.8) is 0 Å². The first-order valence-corrected chi connectivity index (χ1v) is 13.1. The largest absolute Gasteiger partial charge is 0.494 e. The summed E-state index contributed by atoms with van der Waals surface area (Å²) in [5.74, 6) is -0.0553. The maximum absolute atomic E-state index is 13.4. The Morgan fingerprint density at radius 3 is 2.69 bits per heavy atom. The highest BCUT2D eigenvalue weighted by atomic mass is 35.5. The minimum Gasteiger partial charge on any atom is -0.494 e. The average molecular weight is 561 g/mol. The number of hydrogen-bond donors (Lipinski definition) is 1. The summed E-state index contributed by atoms with van der Waals surface area (Å²) < 4.78 is 6.99. The second-order valence-corrected chi connectivity index (χ2v) is 10.4. The van der Waals surface area contributed by atoms with Crippen LogP contribution < -0.4 is 10.1 Å². The van der Waals surface area contributed by atoms with E-state index < -0.39 is 0 Å². The lowest BCUT2D eigenvalue weighted by molar-refractivity contribution is 0.0741. The van der Waals surface area contributed by atoms with E-state index in [1.807, 2.05) is 13.8 Å². The maximum atomic E-state index is 13.4.